The summed E-state index contributed by atoms with van der Waals surface area (Å²) < 4.78 is 0. The minimum atomic E-state index is 0.757. The average molecular weight is 137 g/mol. The number of hydrogen-bond acceptors (Lipinski definition) is 1. The van der Waals surface area contributed by atoms with Gasteiger partial charge < -0.3 is 0 Å². The van der Waals surface area contributed by atoms with Crippen molar-refractivity contribution in [3.63, 3.8) is 0 Å². The summed E-state index contributed by atoms with van der Waals surface area (Å²) in [5.41, 5.74) is 0.757. The second kappa shape index (κ2) is 1.42. The lowest BCUT2D eigenvalue weighted by Gasteiger charge is -2.33. The van der Waals surface area contributed by atoms with Crippen LogP contribution >= 0.6 is 0 Å². The summed E-state index contributed by atoms with van der Waals surface area (Å²) in [5.74, 6) is 0. The van der Waals surface area contributed by atoms with E-state index >= 15 is 0 Å². The molecule has 0 spiro atoms. The smallest absolute Gasteiger partial charge is 0.0110 e. The largest absolute Gasteiger partial charge is 0.297 e. The lowest BCUT2D eigenvalue weighted by Crippen LogP contribution is -2.33. The topological polar surface area (TPSA) is 3.24 Å². The quantitative estimate of drug-likeness (QED) is 0.531. The Labute approximate surface area is 62.4 Å². The lowest BCUT2D eigenvalue weighted by molar-refractivity contribution is 0.192. The molecule has 2 bridgehead atoms. The maximum Gasteiger partial charge on any atom is 0.0110 e. The predicted octanol–water partition coefficient (Wildman–Crippen LogP) is 1.63. The van der Waals surface area contributed by atoms with Gasteiger partial charge in [-0.1, -0.05) is 6.92 Å². The molecule has 0 aromatic carbocycles. The van der Waals surface area contributed by atoms with E-state index in [9.17, 15) is 0 Å². The van der Waals surface area contributed by atoms with E-state index in [0.717, 1.165) is 17.5 Å². The molecule has 1 nitrogen and oxygen atoms in total. The van der Waals surface area contributed by atoms with Crippen LogP contribution in [0.1, 0.15) is 32.6 Å². The molecule has 1 heteroatoms. The van der Waals surface area contributed by atoms with Crippen molar-refractivity contribution in [2.24, 2.45) is 5.41 Å². The highest BCUT2D eigenvalue weighted by atomic mass is 15.3. The molecule has 0 radical (unpaired) electrons. The third-order valence-corrected chi connectivity index (χ3v) is 3.51. The summed E-state index contributed by atoms with van der Waals surface area (Å²) in [7, 11) is 0. The summed E-state index contributed by atoms with van der Waals surface area (Å²) in [5, 5.41) is 0. The van der Waals surface area contributed by atoms with E-state index < -0.39 is 0 Å². The van der Waals surface area contributed by atoms with Gasteiger partial charge in [0.05, 0.1) is 0 Å². The van der Waals surface area contributed by atoms with Gasteiger partial charge in [-0.15, -0.1) is 0 Å². The first-order valence-corrected chi connectivity index (χ1v) is 4.53. The zero-order valence-electron chi connectivity index (χ0n) is 6.64. The van der Waals surface area contributed by atoms with Crippen LogP contribution in [0.25, 0.3) is 0 Å². The summed E-state index contributed by atoms with van der Waals surface area (Å²) in [6.45, 7) is 3.87. The molecule has 4 aliphatic rings. The number of hydrogen-bond donors (Lipinski definition) is 0. The zero-order valence-corrected chi connectivity index (χ0v) is 6.64. The van der Waals surface area contributed by atoms with Crippen LogP contribution in [0, 0.1) is 5.41 Å². The fourth-order valence-electron chi connectivity index (χ4n) is 2.84. The van der Waals surface area contributed by atoms with E-state index in [1.54, 1.807) is 0 Å². The van der Waals surface area contributed by atoms with Crippen LogP contribution < -0.4 is 0 Å². The SMILES string of the molecule is CC12CC(C1)N(C1CC1)C2. The Morgan fingerprint density at radius 3 is 2.30 bits per heavy atom. The molecule has 0 N–H and O–H groups in total. The van der Waals surface area contributed by atoms with Crippen molar-refractivity contribution in [1.82, 2.24) is 4.90 Å². The minimum absolute atomic E-state index is 0.757. The van der Waals surface area contributed by atoms with E-state index in [1.165, 1.54) is 32.2 Å². The Morgan fingerprint density at radius 1 is 1.20 bits per heavy atom. The third kappa shape index (κ3) is 0.572. The number of fused-ring (bicyclic) bond motifs is 1. The van der Waals surface area contributed by atoms with Gasteiger partial charge in [0.25, 0.3) is 0 Å². The fourth-order valence-corrected chi connectivity index (χ4v) is 2.84. The molecule has 2 saturated heterocycles. The van der Waals surface area contributed by atoms with Gasteiger partial charge in [0, 0.05) is 18.6 Å². The average Bonchev–Trinajstić information content (AvgIpc) is 2.53. The van der Waals surface area contributed by atoms with Gasteiger partial charge in [-0.25, -0.2) is 0 Å². The molecule has 2 heterocycles. The van der Waals surface area contributed by atoms with Crippen molar-refractivity contribution in [3.8, 4) is 0 Å². The summed E-state index contributed by atoms with van der Waals surface area (Å²) in [6, 6.07) is 2.03. The molecule has 2 saturated carbocycles. The monoisotopic (exact) mass is 137 g/mol. The molecule has 2 aliphatic heterocycles. The van der Waals surface area contributed by atoms with Gasteiger partial charge in [0.1, 0.15) is 0 Å². The molecule has 0 atom stereocenters. The van der Waals surface area contributed by atoms with Crippen molar-refractivity contribution in [2.45, 2.75) is 44.7 Å². The molecule has 0 unspecified atom stereocenters. The van der Waals surface area contributed by atoms with E-state index in [4.69, 9.17) is 0 Å². The van der Waals surface area contributed by atoms with Crippen molar-refractivity contribution >= 4 is 0 Å². The van der Waals surface area contributed by atoms with Crippen molar-refractivity contribution in [1.29, 1.82) is 0 Å². The second-order valence-electron chi connectivity index (χ2n) is 4.78. The van der Waals surface area contributed by atoms with Crippen LogP contribution in [0.2, 0.25) is 0 Å². The van der Waals surface area contributed by atoms with E-state index in [2.05, 4.69) is 11.8 Å². The van der Waals surface area contributed by atoms with Gasteiger partial charge in [-0.05, 0) is 31.1 Å². The van der Waals surface area contributed by atoms with Crippen LogP contribution in [-0.2, 0) is 0 Å². The zero-order chi connectivity index (χ0) is 6.77. The normalized spacial score (nSPS) is 53.1. The number of rotatable bonds is 1. The van der Waals surface area contributed by atoms with Crippen LogP contribution in [0.5, 0.6) is 0 Å². The molecule has 0 amide bonds. The molecule has 56 valence electrons. The van der Waals surface area contributed by atoms with Crippen LogP contribution in [-0.4, -0.2) is 23.5 Å². The molecule has 2 aliphatic carbocycles. The molecular formula is C9H15N. The first-order valence-electron chi connectivity index (χ1n) is 4.53. The molecule has 4 fully saturated rings. The molecule has 4 rings (SSSR count). The van der Waals surface area contributed by atoms with E-state index in [0.29, 0.717) is 0 Å². The predicted molar refractivity (Wildman–Crippen MR) is 40.9 cm³/mol. The van der Waals surface area contributed by atoms with Crippen molar-refractivity contribution < 1.29 is 0 Å². The summed E-state index contributed by atoms with van der Waals surface area (Å²) in [6.07, 6.45) is 5.99. The van der Waals surface area contributed by atoms with Crippen molar-refractivity contribution in [2.75, 3.05) is 6.54 Å². The fraction of sp³-hybridized carbons (Fsp3) is 1.00. The minimum Gasteiger partial charge on any atom is -0.297 e. The molecule has 0 aromatic rings. The Kier molecular flexibility index (Phi) is 0.797. The van der Waals surface area contributed by atoms with Crippen molar-refractivity contribution in [3.05, 3.63) is 0 Å². The maximum atomic E-state index is 2.76. The summed E-state index contributed by atoms with van der Waals surface area (Å²) in [4.78, 5) is 2.76. The van der Waals surface area contributed by atoms with E-state index in [-0.39, 0.29) is 0 Å². The van der Waals surface area contributed by atoms with Gasteiger partial charge >= 0.3 is 0 Å². The highest BCUT2D eigenvalue weighted by Gasteiger charge is 2.55. The lowest BCUT2D eigenvalue weighted by atomic mass is 9.72. The van der Waals surface area contributed by atoms with Gasteiger partial charge in [0.15, 0.2) is 0 Å². The first kappa shape index (κ1) is 5.59. The van der Waals surface area contributed by atoms with Gasteiger partial charge in [0.2, 0.25) is 0 Å². The Balaban J connectivity index is 1.79. The highest BCUT2D eigenvalue weighted by molar-refractivity contribution is 5.09. The Bertz CT molecular complexity index is 166. The Hall–Kier alpha value is -0.0400. The molecule has 0 aromatic heterocycles. The summed E-state index contributed by atoms with van der Waals surface area (Å²) >= 11 is 0. The third-order valence-electron chi connectivity index (χ3n) is 3.51. The van der Waals surface area contributed by atoms with Crippen LogP contribution in [0.3, 0.4) is 0 Å². The van der Waals surface area contributed by atoms with Gasteiger partial charge in [-0.2, -0.15) is 0 Å². The first-order chi connectivity index (χ1) is 4.77. The Morgan fingerprint density at radius 2 is 1.90 bits per heavy atom. The molecular weight excluding hydrogens is 122 g/mol. The standard InChI is InChI=1S/C9H15N/c1-9-4-8(5-9)10(6-9)7-2-3-7/h7-8H,2-6H2,1H3. The highest BCUT2D eigenvalue weighted by Crippen LogP contribution is 2.54. The van der Waals surface area contributed by atoms with Crippen LogP contribution in [0.4, 0.5) is 0 Å². The van der Waals surface area contributed by atoms with E-state index in [1.807, 2.05) is 0 Å². The van der Waals surface area contributed by atoms with Crippen LogP contribution in [0.15, 0.2) is 0 Å². The van der Waals surface area contributed by atoms with Gasteiger partial charge in [-0.3, -0.25) is 4.90 Å². The molecule has 10 heavy (non-hydrogen) atoms. The number of nitrogens with zero attached hydrogens (tertiary/aromatic N) is 1. The second-order valence-corrected chi connectivity index (χ2v) is 4.78. The maximum absolute atomic E-state index is 2.76.